The lowest BCUT2D eigenvalue weighted by Gasteiger charge is -2.32. The van der Waals surface area contributed by atoms with Crippen molar-refractivity contribution in [2.75, 3.05) is 43.0 Å². The zero-order chi connectivity index (χ0) is 27.2. The second-order valence-corrected chi connectivity index (χ2v) is 10.5. The van der Waals surface area contributed by atoms with Gasteiger partial charge in [0, 0.05) is 23.8 Å². The first-order chi connectivity index (χ1) is 18.3. The number of nitrogens with zero attached hydrogens (tertiary/aromatic N) is 3. The minimum Gasteiger partial charge on any atom is -0.462 e. The van der Waals surface area contributed by atoms with Crippen molar-refractivity contribution in [3.8, 4) is 0 Å². The molecule has 202 valence electrons. The fourth-order valence-corrected chi connectivity index (χ4v) is 5.37. The number of benzene rings is 2. The van der Waals surface area contributed by atoms with Crippen LogP contribution in [0.4, 0.5) is 11.4 Å². The number of hydrogen-bond donors (Lipinski definition) is 1. The van der Waals surface area contributed by atoms with Crippen LogP contribution in [-0.4, -0.2) is 71.5 Å². The SMILES string of the molecule is CCOC(=O)c1ccc(NC(=O)C[C@@H]2C(=O)N(c3cccc(Cl)c3)C(=S)N2CCN2CCC(C)CC2)cc1. The van der Waals surface area contributed by atoms with E-state index in [-0.39, 0.29) is 24.8 Å². The van der Waals surface area contributed by atoms with Crippen LogP contribution in [0.15, 0.2) is 48.5 Å². The molecule has 2 fully saturated rings. The van der Waals surface area contributed by atoms with E-state index in [4.69, 9.17) is 28.6 Å². The lowest BCUT2D eigenvalue weighted by Crippen LogP contribution is -2.44. The van der Waals surface area contributed by atoms with Crippen molar-refractivity contribution < 1.29 is 19.1 Å². The average Bonchev–Trinajstić information content (AvgIpc) is 3.12. The van der Waals surface area contributed by atoms with Gasteiger partial charge in [0.25, 0.3) is 5.91 Å². The normalized spacial score (nSPS) is 18.7. The average molecular weight is 557 g/mol. The van der Waals surface area contributed by atoms with Gasteiger partial charge in [0.15, 0.2) is 5.11 Å². The Labute approximate surface area is 233 Å². The first-order valence-corrected chi connectivity index (χ1v) is 13.7. The second-order valence-electron chi connectivity index (χ2n) is 9.72. The maximum absolute atomic E-state index is 13.6. The molecule has 0 spiro atoms. The summed E-state index contributed by atoms with van der Waals surface area (Å²) >= 11 is 12.0. The van der Waals surface area contributed by atoms with Crippen LogP contribution < -0.4 is 10.2 Å². The summed E-state index contributed by atoms with van der Waals surface area (Å²) in [5.41, 5.74) is 1.51. The highest BCUT2D eigenvalue weighted by atomic mass is 35.5. The lowest BCUT2D eigenvalue weighted by molar-refractivity contribution is -0.124. The van der Waals surface area contributed by atoms with Crippen molar-refractivity contribution in [3.63, 3.8) is 0 Å². The van der Waals surface area contributed by atoms with Crippen LogP contribution in [0, 0.1) is 5.92 Å². The summed E-state index contributed by atoms with van der Waals surface area (Å²) in [4.78, 5) is 44.3. The maximum atomic E-state index is 13.6. The van der Waals surface area contributed by atoms with Crippen LogP contribution in [0.1, 0.15) is 43.5 Å². The predicted molar refractivity (Wildman–Crippen MR) is 153 cm³/mol. The number of thiocarbonyl (C=S) groups is 1. The molecule has 38 heavy (non-hydrogen) atoms. The van der Waals surface area contributed by atoms with E-state index in [2.05, 4.69) is 17.1 Å². The Hall–Kier alpha value is -3.01. The van der Waals surface area contributed by atoms with Crippen LogP contribution in [0.25, 0.3) is 0 Å². The van der Waals surface area contributed by atoms with E-state index in [9.17, 15) is 14.4 Å². The lowest BCUT2D eigenvalue weighted by atomic mass is 9.99. The molecular weight excluding hydrogens is 524 g/mol. The Balaban J connectivity index is 1.47. The van der Waals surface area contributed by atoms with Gasteiger partial charge in [0.1, 0.15) is 6.04 Å². The fourth-order valence-electron chi connectivity index (χ4n) is 4.77. The molecule has 8 nitrogen and oxygen atoms in total. The third-order valence-electron chi connectivity index (χ3n) is 6.98. The summed E-state index contributed by atoms with van der Waals surface area (Å²) in [6.07, 6.45) is 2.24. The largest absolute Gasteiger partial charge is 0.462 e. The van der Waals surface area contributed by atoms with Gasteiger partial charge in [-0.1, -0.05) is 24.6 Å². The summed E-state index contributed by atoms with van der Waals surface area (Å²) in [5.74, 6) is -0.269. The molecule has 2 amide bonds. The molecule has 2 aromatic rings. The number of hydrogen-bond acceptors (Lipinski definition) is 6. The van der Waals surface area contributed by atoms with Gasteiger partial charge in [-0.3, -0.25) is 14.5 Å². The van der Waals surface area contributed by atoms with Crippen LogP contribution in [0.2, 0.25) is 5.02 Å². The number of ether oxygens (including phenoxy) is 1. The maximum Gasteiger partial charge on any atom is 0.338 e. The molecule has 0 unspecified atom stereocenters. The molecule has 1 atom stereocenters. The first kappa shape index (κ1) is 28.0. The smallest absolute Gasteiger partial charge is 0.338 e. The van der Waals surface area contributed by atoms with Crippen molar-refractivity contribution in [1.82, 2.24) is 9.80 Å². The molecule has 0 aliphatic carbocycles. The molecule has 1 N–H and O–H groups in total. The summed E-state index contributed by atoms with van der Waals surface area (Å²) in [6.45, 7) is 7.63. The summed E-state index contributed by atoms with van der Waals surface area (Å²) in [7, 11) is 0. The van der Waals surface area contributed by atoms with Gasteiger partial charge in [0.05, 0.1) is 24.3 Å². The zero-order valence-electron chi connectivity index (χ0n) is 21.7. The van der Waals surface area contributed by atoms with Gasteiger partial charge in [-0.15, -0.1) is 0 Å². The number of halogens is 1. The van der Waals surface area contributed by atoms with E-state index < -0.39 is 12.0 Å². The molecule has 0 aromatic heterocycles. The molecule has 2 heterocycles. The van der Waals surface area contributed by atoms with Crippen molar-refractivity contribution in [3.05, 3.63) is 59.1 Å². The minimum atomic E-state index is -0.732. The Bertz CT molecular complexity index is 1180. The Kier molecular flexibility index (Phi) is 9.35. The number of nitrogens with one attached hydrogen (secondary N) is 1. The summed E-state index contributed by atoms with van der Waals surface area (Å²) in [6, 6.07) is 12.7. The molecule has 0 bridgehead atoms. The first-order valence-electron chi connectivity index (χ1n) is 13.0. The molecule has 0 saturated carbocycles. The minimum absolute atomic E-state index is 0.0628. The van der Waals surface area contributed by atoms with Crippen LogP contribution in [0.3, 0.4) is 0 Å². The molecule has 2 saturated heterocycles. The summed E-state index contributed by atoms with van der Waals surface area (Å²) < 4.78 is 5.00. The molecule has 4 rings (SSSR count). The predicted octanol–water partition coefficient (Wildman–Crippen LogP) is 4.58. The molecule has 2 aliphatic heterocycles. The number of carbonyl (C=O) groups excluding carboxylic acids is 3. The molecule has 2 aromatic carbocycles. The third-order valence-corrected chi connectivity index (χ3v) is 7.63. The van der Waals surface area contributed by atoms with Crippen molar-refractivity contribution >= 4 is 58.1 Å². The summed E-state index contributed by atoms with van der Waals surface area (Å²) in [5, 5.41) is 3.71. The number of carbonyl (C=O) groups is 3. The van der Waals surface area contributed by atoms with Gasteiger partial charge < -0.3 is 19.9 Å². The number of esters is 1. The highest BCUT2D eigenvalue weighted by Crippen LogP contribution is 2.29. The Morgan fingerprint density at radius 1 is 1.11 bits per heavy atom. The molecular formula is C28H33ClN4O4S. The topological polar surface area (TPSA) is 82.2 Å². The number of likely N-dealkylation sites (tertiary alicyclic amines) is 1. The van der Waals surface area contributed by atoms with Crippen molar-refractivity contribution in [2.24, 2.45) is 5.92 Å². The van der Waals surface area contributed by atoms with Gasteiger partial charge in [-0.2, -0.15) is 0 Å². The van der Waals surface area contributed by atoms with Gasteiger partial charge >= 0.3 is 5.97 Å². The van der Waals surface area contributed by atoms with E-state index in [1.54, 1.807) is 55.5 Å². The van der Waals surface area contributed by atoms with E-state index in [0.717, 1.165) is 38.4 Å². The van der Waals surface area contributed by atoms with Gasteiger partial charge in [0.2, 0.25) is 5.91 Å². The highest BCUT2D eigenvalue weighted by Gasteiger charge is 2.44. The highest BCUT2D eigenvalue weighted by molar-refractivity contribution is 7.80. The number of amides is 2. The van der Waals surface area contributed by atoms with Crippen molar-refractivity contribution in [1.29, 1.82) is 0 Å². The second kappa shape index (κ2) is 12.7. The Morgan fingerprint density at radius 3 is 2.47 bits per heavy atom. The van der Waals surface area contributed by atoms with Gasteiger partial charge in [-0.25, -0.2) is 4.79 Å². The number of piperidine rings is 1. The van der Waals surface area contributed by atoms with Crippen LogP contribution >= 0.6 is 23.8 Å². The standard InChI is InChI=1S/C28H33ClN4O4S/c1-3-37-27(36)20-7-9-22(10-8-20)30-25(34)18-24-26(35)33(23-6-4-5-21(29)17-23)28(38)32(24)16-15-31-13-11-19(2)12-14-31/h4-10,17,19,24H,3,11-16,18H2,1-2H3,(H,30,34)/t24-/m1/s1. The van der Waals surface area contributed by atoms with E-state index in [1.807, 2.05) is 4.90 Å². The van der Waals surface area contributed by atoms with Crippen LogP contribution in [0.5, 0.6) is 0 Å². The van der Waals surface area contributed by atoms with E-state index in [1.165, 1.54) is 4.90 Å². The number of anilines is 2. The number of rotatable bonds is 9. The molecule has 0 radical (unpaired) electrons. The van der Waals surface area contributed by atoms with Crippen molar-refractivity contribution in [2.45, 2.75) is 39.2 Å². The van der Waals surface area contributed by atoms with E-state index in [0.29, 0.717) is 33.6 Å². The fraction of sp³-hybridized carbons (Fsp3) is 0.429. The molecule has 2 aliphatic rings. The Morgan fingerprint density at radius 2 is 1.82 bits per heavy atom. The molecule has 10 heteroatoms. The van der Waals surface area contributed by atoms with Gasteiger partial charge in [-0.05, 0) is 93.5 Å². The van der Waals surface area contributed by atoms with Crippen LogP contribution in [-0.2, 0) is 14.3 Å². The van der Waals surface area contributed by atoms with E-state index >= 15 is 0 Å². The zero-order valence-corrected chi connectivity index (χ0v) is 23.3. The third kappa shape index (κ3) is 6.70. The monoisotopic (exact) mass is 556 g/mol. The quantitative estimate of drug-likeness (QED) is 0.357.